The lowest BCUT2D eigenvalue weighted by atomic mass is 10.1. The van der Waals surface area contributed by atoms with E-state index in [0.29, 0.717) is 23.7 Å². The number of nitrogens with zero attached hydrogens (tertiary/aromatic N) is 3. The van der Waals surface area contributed by atoms with E-state index >= 15 is 0 Å². The SMILES string of the molecule is Cc1ncc([N+](=O)[O-])n1CCOC(=O)CCCc1ccc(Cl)cc1. The van der Waals surface area contributed by atoms with Crippen LogP contribution in [0.5, 0.6) is 0 Å². The zero-order valence-corrected chi connectivity index (χ0v) is 14.0. The Morgan fingerprint density at radius 3 is 2.75 bits per heavy atom. The normalized spacial score (nSPS) is 10.6. The van der Waals surface area contributed by atoms with Crippen molar-refractivity contribution in [2.45, 2.75) is 32.7 Å². The van der Waals surface area contributed by atoms with E-state index in [1.807, 2.05) is 24.3 Å². The van der Waals surface area contributed by atoms with E-state index in [1.54, 1.807) is 6.92 Å². The molecule has 0 bridgehead atoms. The molecule has 2 rings (SSSR count). The van der Waals surface area contributed by atoms with Crippen LogP contribution in [0.1, 0.15) is 24.2 Å². The smallest absolute Gasteiger partial charge is 0.342 e. The fraction of sp³-hybridized carbons (Fsp3) is 0.375. The number of ether oxygens (including phenoxy) is 1. The van der Waals surface area contributed by atoms with E-state index in [2.05, 4.69) is 4.98 Å². The first-order valence-electron chi connectivity index (χ1n) is 7.54. The minimum absolute atomic E-state index is 0.0812. The van der Waals surface area contributed by atoms with Gasteiger partial charge in [-0.2, -0.15) is 0 Å². The van der Waals surface area contributed by atoms with E-state index < -0.39 is 4.92 Å². The summed E-state index contributed by atoms with van der Waals surface area (Å²) in [6.45, 7) is 1.96. The second-order valence-corrected chi connectivity index (χ2v) is 5.71. The molecule has 0 N–H and O–H groups in total. The largest absolute Gasteiger partial charge is 0.461 e. The minimum atomic E-state index is -0.506. The molecule has 8 heteroatoms. The first-order chi connectivity index (χ1) is 11.5. The van der Waals surface area contributed by atoms with Gasteiger partial charge >= 0.3 is 11.8 Å². The number of halogens is 1. The molecule has 0 aliphatic rings. The summed E-state index contributed by atoms with van der Waals surface area (Å²) in [6.07, 6.45) is 2.93. The number of aromatic nitrogens is 2. The summed E-state index contributed by atoms with van der Waals surface area (Å²) in [5.74, 6) is 0.0937. The maximum Gasteiger partial charge on any atom is 0.342 e. The summed E-state index contributed by atoms with van der Waals surface area (Å²) in [5, 5.41) is 11.5. The molecule has 1 aromatic heterocycles. The molecule has 24 heavy (non-hydrogen) atoms. The van der Waals surface area contributed by atoms with Gasteiger partial charge in [0, 0.05) is 18.4 Å². The summed E-state index contributed by atoms with van der Waals surface area (Å²) in [4.78, 5) is 26.0. The van der Waals surface area contributed by atoms with Crippen molar-refractivity contribution in [2.24, 2.45) is 0 Å². The van der Waals surface area contributed by atoms with Crippen molar-refractivity contribution in [2.75, 3.05) is 6.61 Å². The fourth-order valence-electron chi connectivity index (χ4n) is 2.29. The van der Waals surface area contributed by atoms with Gasteiger partial charge in [0.15, 0.2) is 5.82 Å². The van der Waals surface area contributed by atoms with Crippen molar-refractivity contribution >= 4 is 23.4 Å². The van der Waals surface area contributed by atoms with Gasteiger partial charge in [-0.1, -0.05) is 23.7 Å². The van der Waals surface area contributed by atoms with Gasteiger partial charge in [-0.3, -0.25) is 4.79 Å². The van der Waals surface area contributed by atoms with Crippen LogP contribution in [0.3, 0.4) is 0 Å². The molecule has 0 fully saturated rings. The highest BCUT2D eigenvalue weighted by Crippen LogP contribution is 2.14. The van der Waals surface area contributed by atoms with Gasteiger partial charge in [0.05, 0.1) is 0 Å². The van der Waals surface area contributed by atoms with Crippen LogP contribution in [0.4, 0.5) is 5.82 Å². The lowest BCUT2D eigenvalue weighted by Crippen LogP contribution is -2.13. The molecule has 0 aliphatic heterocycles. The molecule has 1 aromatic carbocycles. The number of esters is 1. The Hall–Kier alpha value is -2.41. The number of carbonyl (C=O) groups excluding carboxylic acids is 1. The number of hydrogen-bond acceptors (Lipinski definition) is 5. The third kappa shape index (κ3) is 5.06. The third-order valence-electron chi connectivity index (χ3n) is 3.56. The standard InChI is InChI=1S/C16H18ClN3O4/c1-12-18-11-15(20(22)23)19(12)9-10-24-16(21)4-2-3-13-5-7-14(17)8-6-13/h5-8,11H,2-4,9-10H2,1H3. The van der Waals surface area contributed by atoms with E-state index in [9.17, 15) is 14.9 Å². The maximum absolute atomic E-state index is 11.7. The van der Waals surface area contributed by atoms with Gasteiger partial charge in [-0.25, -0.2) is 9.55 Å². The summed E-state index contributed by atoms with van der Waals surface area (Å²) < 4.78 is 6.55. The monoisotopic (exact) mass is 351 g/mol. The van der Waals surface area contributed by atoms with Gasteiger partial charge in [0.25, 0.3) is 0 Å². The van der Waals surface area contributed by atoms with Crippen LogP contribution in [0, 0.1) is 17.0 Å². The summed E-state index contributed by atoms with van der Waals surface area (Å²) in [6, 6.07) is 7.48. The van der Waals surface area contributed by atoms with Crippen LogP contribution in [0.2, 0.25) is 5.02 Å². The molecule has 0 atom stereocenters. The average molecular weight is 352 g/mol. The van der Waals surface area contributed by atoms with E-state index in [-0.39, 0.29) is 24.9 Å². The first-order valence-corrected chi connectivity index (χ1v) is 7.92. The predicted octanol–water partition coefficient (Wildman–Crippen LogP) is 3.32. The Bertz CT molecular complexity index is 713. The van der Waals surface area contributed by atoms with Crippen molar-refractivity contribution in [1.29, 1.82) is 0 Å². The van der Waals surface area contributed by atoms with Crippen molar-refractivity contribution in [3.63, 3.8) is 0 Å². The number of benzene rings is 1. The minimum Gasteiger partial charge on any atom is -0.461 e. The summed E-state index contributed by atoms with van der Waals surface area (Å²) >= 11 is 5.81. The van der Waals surface area contributed by atoms with Crippen molar-refractivity contribution in [1.82, 2.24) is 9.55 Å². The Morgan fingerprint density at radius 2 is 2.08 bits per heavy atom. The third-order valence-corrected chi connectivity index (χ3v) is 3.81. The Labute approximate surface area is 144 Å². The van der Waals surface area contributed by atoms with Crippen molar-refractivity contribution in [3.8, 4) is 0 Å². The Balaban J connectivity index is 1.71. The van der Waals surface area contributed by atoms with Crippen molar-refractivity contribution < 1.29 is 14.5 Å². The zero-order chi connectivity index (χ0) is 17.5. The highest BCUT2D eigenvalue weighted by Gasteiger charge is 2.17. The fourth-order valence-corrected chi connectivity index (χ4v) is 2.42. The zero-order valence-electron chi connectivity index (χ0n) is 13.3. The highest BCUT2D eigenvalue weighted by molar-refractivity contribution is 6.30. The van der Waals surface area contributed by atoms with Crippen LogP contribution in [0.25, 0.3) is 0 Å². The number of rotatable bonds is 8. The Kier molecular flexibility index (Phi) is 6.31. The molecule has 0 radical (unpaired) electrons. The highest BCUT2D eigenvalue weighted by atomic mass is 35.5. The van der Waals surface area contributed by atoms with Crippen molar-refractivity contribution in [3.05, 3.63) is 57.0 Å². The van der Waals surface area contributed by atoms with Crippen LogP contribution in [-0.4, -0.2) is 27.1 Å². The molecule has 0 spiro atoms. The maximum atomic E-state index is 11.7. The predicted molar refractivity (Wildman–Crippen MR) is 89.0 cm³/mol. The molecule has 0 saturated heterocycles. The van der Waals surface area contributed by atoms with E-state index in [0.717, 1.165) is 12.0 Å². The number of aryl methyl sites for hydroxylation is 2. The lowest BCUT2D eigenvalue weighted by molar-refractivity contribution is -0.392. The molecule has 0 saturated carbocycles. The number of hydrogen-bond donors (Lipinski definition) is 0. The average Bonchev–Trinajstić information content (AvgIpc) is 2.91. The molecule has 2 aromatic rings. The molecule has 0 amide bonds. The summed E-state index contributed by atoms with van der Waals surface area (Å²) in [7, 11) is 0. The quantitative estimate of drug-likeness (QED) is 0.413. The second kappa shape index (κ2) is 8.44. The van der Waals surface area contributed by atoms with Crippen LogP contribution >= 0.6 is 11.6 Å². The Morgan fingerprint density at radius 1 is 1.38 bits per heavy atom. The van der Waals surface area contributed by atoms with E-state index in [4.69, 9.17) is 16.3 Å². The summed E-state index contributed by atoms with van der Waals surface area (Å²) in [5.41, 5.74) is 1.11. The van der Waals surface area contributed by atoms with Crippen LogP contribution in [-0.2, 0) is 22.5 Å². The van der Waals surface area contributed by atoms with Crippen LogP contribution < -0.4 is 0 Å². The van der Waals surface area contributed by atoms with Gasteiger partial charge in [-0.05, 0) is 35.5 Å². The molecular weight excluding hydrogens is 334 g/mol. The van der Waals surface area contributed by atoms with Gasteiger partial charge in [-0.15, -0.1) is 0 Å². The molecule has 128 valence electrons. The first kappa shape index (κ1) is 17.9. The molecule has 0 aliphatic carbocycles. The number of nitro groups is 1. The van der Waals surface area contributed by atoms with E-state index in [1.165, 1.54) is 10.8 Å². The molecular formula is C16H18ClN3O4. The molecule has 0 unspecified atom stereocenters. The molecule has 1 heterocycles. The molecule has 7 nitrogen and oxygen atoms in total. The van der Waals surface area contributed by atoms with Gasteiger partial charge in [0.2, 0.25) is 0 Å². The number of imidazole rings is 1. The van der Waals surface area contributed by atoms with Gasteiger partial charge in [0.1, 0.15) is 19.3 Å². The second-order valence-electron chi connectivity index (χ2n) is 5.27. The van der Waals surface area contributed by atoms with Crippen LogP contribution in [0.15, 0.2) is 30.5 Å². The van der Waals surface area contributed by atoms with Gasteiger partial charge < -0.3 is 14.9 Å². The topological polar surface area (TPSA) is 87.3 Å². The lowest BCUT2D eigenvalue weighted by Gasteiger charge is -2.06. The number of carbonyl (C=O) groups is 1.